The Morgan fingerprint density at radius 2 is 2.22 bits per heavy atom. The van der Waals surface area contributed by atoms with Crippen molar-refractivity contribution in [3.8, 4) is 0 Å². The molecule has 0 aromatic carbocycles. The Hall–Kier alpha value is -1.03. The molecule has 4 heteroatoms. The molecule has 1 aliphatic heterocycles. The van der Waals surface area contributed by atoms with E-state index < -0.39 is 0 Å². The van der Waals surface area contributed by atoms with Crippen molar-refractivity contribution in [1.82, 2.24) is 15.1 Å². The Morgan fingerprint density at radius 3 is 2.83 bits per heavy atom. The number of anilines is 1. The molecule has 2 fully saturated rings. The molecule has 0 radical (unpaired) electrons. The number of aryl methyl sites for hydroxylation is 2. The highest BCUT2D eigenvalue weighted by Gasteiger charge is 2.43. The van der Waals surface area contributed by atoms with Gasteiger partial charge in [-0.25, -0.2) is 0 Å². The van der Waals surface area contributed by atoms with E-state index in [0.717, 1.165) is 31.2 Å². The minimum atomic E-state index is 0.290. The molecule has 1 aromatic rings. The van der Waals surface area contributed by atoms with Gasteiger partial charge in [0.2, 0.25) is 0 Å². The summed E-state index contributed by atoms with van der Waals surface area (Å²) in [5.41, 5.74) is 2.75. The van der Waals surface area contributed by atoms with E-state index in [2.05, 4.69) is 35.4 Å². The summed E-state index contributed by atoms with van der Waals surface area (Å²) in [5.74, 6) is 0.870. The molecule has 1 unspecified atom stereocenters. The summed E-state index contributed by atoms with van der Waals surface area (Å²) >= 11 is 0. The van der Waals surface area contributed by atoms with Gasteiger partial charge >= 0.3 is 0 Å². The summed E-state index contributed by atoms with van der Waals surface area (Å²) < 4.78 is 1.93. The van der Waals surface area contributed by atoms with Crippen LogP contribution in [0.2, 0.25) is 0 Å². The van der Waals surface area contributed by atoms with Crippen LogP contribution >= 0.6 is 0 Å². The van der Waals surface area contributed by atoms with Gasteiger partial charge in [0.15, 0.2) is 0 Å². The lowest BCUT2D eigenvalue weighted by Gasteiger charge is -2.34. The zero-order valence-electron chi connectivity index (χ0n) is 11.7. The number of aromatic nitrogens is 2. The Morgan fingerprint density at radius 1 is 1.44 bits per heavy atom. The van der Waals surface area contributed by atoms with Crippen LogP contribution in [0, 0.1) is 12.8 Å². The molecule has 1 N–H and O–H groups in total. The second-order valence-electron chi connectivity index (χ2n) is 6.17. The summed E-state index contributed by atoms with van der Waals surface area (Å²) in [6, 6.07) is 0. The number of nitrogens with zero attached hydrogens (tertiary/aromatic N) is 3. The second kappa shape index (κ2) is 4.26. The fourth-order valence-corrected chi connectivity index (χ4v) is 3.27. The monoisotopic (exact) mass is 248 g/mol. The minimum Gasteiger partial charge on any atom is -0.367 e. The second-order valence-corrected chi connectivity index (χ2v) is 6.17. The van der Waals surface area contributed by atoms with Crippen LogP contribution in [0.25, 0.3) is 0 Å². The third-order valence-corrected chi connectivity index (χ3v) is 4.46. The largest absolute Gasteiger partial charge is 0.367 e. The van der Waals surface area contributed by atoms with Gasteiger partial charge in [0.05, 0.1) is 11.4 Å². The Bertz CT molecular complexity index is 435. The number of hydrogen-bond donors (Lipinski definition) is 1. The molecule has 0 bridgehead atoms. The highest BCUT2D eigenvalue weighted by molar-refractivity contribution is 5.49. The molecule has 1 aliphatic carbocycles. The molecule has 0 amide bonds. The van der Waals surface area contributed by atoms with Crippen molar-refractivity contribution in [3.05, 3.63) is 11.9 Å². The van der Waals surface area contributed by atoms with E-state index in [4.69, 9.17) is 0 Å². The Kier molecular flexibility index (Phi) is 2.85. The van der Waals surface area contributed by atoms with Gasteiger partial charge in [-0.1, -0.05) is 0 Å². The molecule has 1 saturated carbocycles. The van der Waals surface area contributed by atoms with Crippen molar-refractivity contribution in [2.24, 2.45) is 13.0 Å². The third kappa shape index (κ3) is 2.14. The van der Waals surface area contributed by atoms with E-state index in [1.54, 1.807) is 0 Å². The highest BCUT2D eigenvalue weighted by Crippen LogP contribution is 2.41. The van der Waals surface area contributed by atoms with Gasteiger partial charge in [-0.3, -0.25) is 4.68 Å². The van der Waals surface area contributed by atoms with Gasteiger partial charge in [-0.2, -0.15) is 5.10 Å². The molecular weight excluding hydrogens is 224 g/mol. The topological polar surface area (TPSA) is 33.1 Å². The summed E-state index contributed by atoms with van der Waals surface area (Å²) in [6.07, 6.45) is 6.16. The summed E-state index contributed by atoms with van der Waals surface area (Å²) in [5, 5.41) is 8.26. The van der Waals surface area contributed by atoms with E-state index in [-0.39, 0.29) is 0 Å². The SMILES string of the molecule is Cc1nn(C)cc1N1CCCNC(C)(C2CC2)C1. The maximum atomic E-state index is 4.48. The standard InChI is InChI=1S/C14H24N4/c1-11-13(9-17(3)16-11)18-8-4-7-15-14(2,10-18)12-5-6-12/h9,12,15H,4-8,10H2,1-3H3. The van der Waals surface area contributed by atoms with Crippen molar-refractivity contribution >= 4 is 5.69 Å². The molecule has 2 aliphatic rings. The van der Waals surface area contributed by atoms with Crippen molar-refractivity contribution < 1.29 is 0 Å². The van der Waals surface area contributed by atoms with Crippen molar-refractivity contribution in [2.75, 3.05) is 24.5 Å². The Labute approximate surface area is 109 Å². The summed E-state index contributed by atoms with van der Waals surface area (Å²) in [4.78, 5) is 2.53. The van der Waals surface area contributed by atoms with Crippen LogP contribution in [0.1, 0.15) is 31.9 Å². The number of rotatable bonds is 2. The first-order chi connectivity index (χ1) is 8.58. The molecular formula is C14H24N4. The highest BCUT2D eigenvalue weighted by atomic mass is 15.3. The molecule has 3 rings (SSSR count). The first kappa shape index (κ1) is 12.0. The van der Waals surface area contributed by atoms with Gasteiger partial charge in [0.25, 0.3) is 0 Å². The number of hydrogen-bond acceptors (Lipinski definition) is 3. The summed E-state index contributed by atoms with van der Waals surface area (Å²) in [6.45, 7) is 7.91. The smallest absolute Gasteiger partial charge is 0.0827 e. The van der Waals surface area contributed by atoms with Gasteiger partial charge in [0.1, 0.15) is 0 Å². The average molecular weight is 248 g/mol. The first-order valence-electron chi connectivity index (χ1n) is 7.09. The molecule has 18 heavy (non-hydrogen) atoms. The normalized spacial score (nSPS) is 29.4. The third-order valence-electron chi connectivity index (χ3n) is 4.46. The van der Waals surface area contributed by atoms with Gasteiger partial charge in [-0.15, -0.1) is 0 Å². The zero-order chi connectivity index (χ0) is 12.8. The molecule has 100 valence electrons. The maximum Gasteiger partial charge on any atom is 0.0827 e. The predicted octanol–water partition coefficient (Wildman–Crippen LogP) is 1.70. The maximum absolute atomic E-state index is 4.48. The minimum absolute atomic E-state index is 0.290. The lowest BCUT2D eigenvalue weighted by Crippen LogP contribution is -2.51. The fraction of sp³-hybridized carbons (Fsp3) is 0.786. The van der Waals surface area contributed by atoms with E-state index in [1.165, 1.54) is 24.9 Å². The van der Waals surface area contributed by atoms with Gasteiger partial charge < -0.3 is 10.2 Å². The lowest BCUT2D eigenvalue weighted by atomic mass is 9.95. The quantitative estimate of drug-likeness (QED) is 0.865. The van der Waals surface area contributed by atoms with Crippen molar-refractivity contribution in [3.63, 3.8) is 0 Å². The van der Waals surface area contributed by atoms with Crippen LogP contribution in [-0.4, -0.2) is 35.0 Å². The van der Waals surface area contributed by atoms with Crippen molar-refractivity contribution in [1.29, 1.82) is 0 Å². The predicted molar refractivity (Wildman–Crippen MR) is 73.9 cm³/mol. The molecule has 0 spiro atoms. The molecule has 1 atom stereocenters. The first-order valence-corrected chi connectivity index (χ1v) is 7.09. The Balaban J connectivity index is 1.84. The van der Waals surface area contributed by atoms with E-state index in [9.17, 15) is 0 Å². The molecule has 4 nitrogen and oxygen atoms in total. The van der Waals surface area contributed by atoms with Crippen LogP contribution in [0.15, 0.2) is 6.20 Å². The van der Waals surface area contributed by atoms with E-state index in [1.807, 2.05) is 11.7 Å². The van der Waals surface area contributed by atoms with Crippen LogP contribution in [0.3, 0.4) is 0 Å². The average Bonchev–Trinajstić information content (AvgIpc) is 3.10. The van der Waals surface area contributed by atoms with Crippen LogP contribution < -0.4 is 10.2 Å². The van der Waals surface area contributed by atoms with Gasteiger partial charge in [0, 0.05) is 31.9 Å². The van der Waals surface area contributed by atoms with E-state index in [0.29, 0.717) is 5.54 Å². The molecule has 1 saturated heterocycles. The van der Waals surface area contributed by atoms with Gasteiger partial charge in [-0.05, 0) is 45.6 Å². The summed E-state index contributed by atoms with van der Waals surface area (Å²) in [7, 11) is 2.01. The molecule has 2 heterocycles. The molecule has 1 aromatic heterocycles. The number of nitrogens with one attached hydrogen (secondary N) is 1. The zero-order valence-corrected chi connectivity index (χ0v) is 11.7. The van der Waals surface area contributed by atoms with E-state index >= 15 is 0 Å². The van der Waals surface area contributed by atoms with Crippen molar-refractivity contribution in [2.45, 2.75) is 38.6 Å². The van der Waals surface area contributed by atoms with Crippen LogP contribution in [0.4, 0.5) is 5.69 Å². The van der Waals surface area contributed by atoms with Crippen LogP contribution in [0.5, 0.6) is 0 Å². The van der Waals surface area contributed by atoms with Crippen LogP contribution in [-0.2, 0) is 7.05 Å². The fourth-order valence-electron chi connectivity index (χ4n) is 3.27. The lowest BCUT2D eigenvalue weighted by molar-refractivity contribution is 0.331.